The van der Waals surface area contributed by atoms with Gasteiger partial charge in [-0.25, -0.2) is 0 Å². The van der Waals surface area contributed by atoms with Crippen molar-refractivity contribution in [2.75, 3.05) is 11.9 Å². The summed E-state index contributed by atoms with van der Waals surface area (Å²) in [6.45, 7) is 1.06. The predicted molar refractivity (Wildman–Crippen MR) is 77.3 cm³/mol. The molecule has 0 bridgehead atoms. The summed E-state index contributed by atoms with van der Waals surface area (Å²) in [5.74, 6) is -0.204. The molecular formula is C15H16N4O2. The van der Waals surface area contributed by atoms with Gasteiger partial charge in [0.1, 0.15) is 6.54 Å². The number of aryl methyl sites for hydroxylation is 1. The topological polar surface area (TPSA) is 67.2 Å². The second-order valence-electron chi connectivity index (χ2n) is 4.97. The number of hydrogen-bond donors (Lipinski definition) is 1. The number of nitrogens with zero attached hydrogens (tertiary/aromatic N) is 3. The van der Waals surface area contributed by atoms with Gasteiger partial charge in [0.2, 0.25) is 11.8 Å². The minimum atomic E-state index is -0.160. The van der Waals surface area contributed by atoms with Crippen LogP contribution in [0.2, 0.25) is 0 Å². The molecule has 0 spiro atoms. The summed E-state index contributed by atoms with van der Waals surface area (Å²) in [7, 11) is 0. The molecule has 0 aliphatic carbocycles. The van der Waals surface area contributed by atoms with Gasteiger partial charge in [0, 0.05) is 37.6 Å². The summed E-state index contributed by atoms with van der Waals surface area (Å²) in [5.41, 5.74) is 1.74. The molecule has 6 nitrogen and oxygen atoms in total. The minimum absolute atomic E-state index is 0.0441. The first-order valence-electron chi connectivity index (χ1n) is 6.85. The van der Waals surface area contributed by atoms with E-state index in [4.69, 9.17) is 0 Å². The largest absolute Gasteiger partial charge is 0.329 e. The molecule has 1 aliphatic heterocycles. The van der Waals surface area contributed by atoms with Crippen molar-refractivity contribution >= 4 is 17.5 Å². The molecule has 1 N–H and O–H groups in total. The minimum Gasteiger partial charge on any atom is -0.329 e. The van der Waals surface area contributed by atoms with Crippen LogP contribution in [0.25, 0.3) is 0 Å². The number of fused-ring (bicyclic) bond motifs is 1. The molecule has 21 heavy (non-hydrogen) atoms. The smallest absolute Gasteiger partial charge is 0.244 e. The number of carbonyl (C=O) groups excluding carboxylic acids is 2. The van der Waals surface area contributed by atoms with E-state index < -0.39 is 0 Å². The van der Waals surface area contributed by atoms with E-state index in [-0.39, 0.29) is 18.4 Å². The Morgan fingerprint density at radius 1 is 1.24 bits per heavy atom. The quantitative estimate of drug-likeness (QED) is 0.922. The van der Waals surface area contributed by atoms with Gasteiger partial charge < -0.3 is 10.2 Å². The zero-order valence-corrected chi connectivity index (χ0v) is 11.5. The van der Waals surface area contributed by atoms with E-state index in [1.807, 2.05) is 36.5 Å². The van der Waals surface area contributed by atoms with Crippen LogP contribution in [0.1, 0.15) is 12.0 Å². The van der Waals surface area contributed by atoms with E-state index in [1.54, 1.807) is 15.8 Å². The van der Waals surface area contributed by atoms with Gasteiger partial charge in [-0.2, -0.15) is 5.10 Å². The molecule has 108 valence electrons. The van der Waals surface area contributed by atoms with Crippen LogP contribution >= 0.6 is 0 Å². The molecule has 1 aliphatic rings. The molecule has 0 radical (unpaired) electrons. The highest BCUT2D eigenvalue weighted by atomic mass is 16.2. The van der Waals surface area contributed by atoms with Gasteiger partial charge in [0.15, 0.2) is 0 Å². The highest BCUT2D eigenvalue weighted by Gasteiger charge is 2.22. The van der Waals surface area contributed by atoms with Crippen molar-refractivity contribution in [1.29, 1.82) is 0 Å². The molecule has 3 rings (SSSR count). The maximum Gasteiger partial charge on any atom is 0.244 e. The van der Waals surface area contributed by atoms with E-state index in [0.717, 1.165) is 11.3 Å². The van der Waals surface area contributed by atoms with Crippen LogP contribution in [0, 0.1) is 0 Å². The van der Waals surface area contributed by atoms with Crippen molar-refractivity contribution < 1.29 is 9.59 Å². The molecule has 2 aromatic rings. The van der Waals surface area contributed by atoms with Crippen LogP contribution in [0.4, 0.5) is 5.69 Å². The lowest BCUT2D eigenvalue weighted by atomic mass is 10.1. The van der Waals surface area contributed by atoms with Gasteiger partial charge >= 0.3 is 0 Å². The number of aromatic nitrogens is 2. The van der Waals surface area contributed by atoms with Crippen molar-refractivity contribution in [2.24, 2.45) is 0 Å². The molecule has 0 fully saturated rings. The lowest BCUT2D eigenvalue weighted by Gasteiger charge is -2.19. The van der Waals surface area contributed by atoms with E-state index >= 15 is 0 Å². The number of anilines is 1. The van der Waals surface area contributed by atoms with Gasteiger partial charge in [0.05, 0.1) is 0 Å². The highest BCUT2D eigenvalue weighted by Crippen LogP contribution is 2.20. The Kier molecular flexibility index (Phi) is 3.68. The molecule has 0 saturated heterocycles. The Morgan fingerprint density at radius 3 is 2.90 bits per heavy atom. The van der Waals surface area contributed by atoms with Crippen LogP contribution in [-0.2, 0) is 22.7 Å². The Hall–Kier alpha value is -2.63. The fraction of sp³-hybridized carbons (Fsp3) is 0.267. The normalized spacial score (nSPS) is 14.3. The number of benzene rings is 1. The third kappa shape index (κ3) is 3.10. The van der Waals surface area contributed by atoms with Gasteiger partial charge in [-0.3, -0.25) is 14.3 Å². The molecule has 6 heteroatoms. The fourth-order valence-electron chi connectivity index (χ4n) is 2.38. The molecule has 0 saturated carbocycles. The van der Waals surface area contributed by atoms with E-state index in [0.29, 0.717) is 19.5 Å². The first kappa shape index (κ1) is 13.4. The first-order chi connectivity index (χ1) is 10.2. The van der Waals surface area contributed by atoms with Crippen molar-refractivity contribution in [2.45, 2.75) is 19.5 Å². The van der Waals surface area contributed by atoms with Crippen LogP contribution in [0.5, 0.6) is 0 Å². The average Bonchev–Trinajstić information content (AvgIpc) is 2.93. The first-order valence-corrected chi connectivity index (χ1v) is 6.85. The zero-order chi connectivity index (χ0) is 14.7. The number of carbonyl (C=O) groups is 2. The molecule has 0 unspecified atom stereocenters. The number of amides is 2. The highest BCUT2D eigenvalue weighted by molar-refractivity contribution is 5.96. The van der Waals surface area contributed by atoms with Crippen molar-refractivity contribution in [1.82, 2.24) is 14.7 Å². The number of nitrogens with one attached hydrogen (secondary N) is 1. The summed E-state index contributed by atoms with van der Waals surface area (Å²) < 4.78 is 1.71. The molecule has 2 amide bonds. The summed E-state index contributed by atoms with van der Waals surface area (Å²) in [6, 6.07) is 9.37. The van der Waals surface area contributed by atoms with Gasteiger partial charge in [-0.1, -0.05) is 18.2 Å². The lowest BCUT2D eigenvalue weighted by molar-refractivity contribution is -0.135. The van der Waals surface area contributed by atoms with Gasteiger partial charge in [-0.05, 0) is 17.7 Å². The Labute approximate surface area is 122 Å². The van der Waals surface area contributed by atoms with Crippen molar-refractivity contribution in [3.63, 3.8) is 0 Å². The second-order valence-corrected chi connectivity index (χ2v) is 4.97. The van der Waals surface area contributed by atoms with Crippen LogP contribution in [0.15, 0.2) is 42.7 Å². The summed E-state index contributed by atoms with van der Waals surface area (Å²) in [6.07, 6.45) is 3.83. The van der Waals surface area contributed by atoms with Crippen molar-refractivity contribution in [3.05, 3.63) is 48.3 Å². The Morgan fingerprint density at radius 2 is 2.10 bits per heavy atom. The fourth-order valence-corrected chi connectivity index (χ4v) is 2.38. The summed E-state index contributed by atoms with van der Waals surface area (Å²) in [4.78, 5) is 25.8. The maximum absolute atomic E-state index is 12.3. The van der Waals surface area contributed by atoms with Gasteiger partial charge in [0.25, 0.3) is 0 Å². The molecule has 1 aromatic heterocycles. The maximum atomic E-state index is 12.3. The predicted octanol–water partition coefficient (Wildman–Crippen LogP) is 1.25. The van der Waals surface area contributed by atoms with Crippen LogP contribution < -0.4 is 5.32 Å². The second kappa shape index (κ2) is 5.78. The van der Waals surface area contributed by atoms with Crippen LogP contribution in [-0.4, -0.2) is 33.0 Å². The van der Waals surface area contributed by atoms with E-state index in [2.05, 4.69) is 10.4 Å². The lowest BCUT2D eigenvalue weighted by Crippen LogP contribution is -2.35. The molecule has 0 atom stereocenters. The average molecular weight is 284 g/mol. The summed E-state index contributed by atoms with van der Waals surface area (Å²) in [5, 5.41) is 6.90. The number of hydrogen-bond acceptors (Lipinski definition) is 3. The zero-order valence-electron chi connectivity index (χ0n) is 11.5. The van der Waals surface area contributed by atoms with E-state index in [9.17, 15) is 9.59 Å². The van der Waals surface area contributed by atoms with Crippen molar-refractivity contribution in [3.8, 4) is 0 Å². The third-order valence-electron chi connectivity index (χ3n) is 3.45. The van der Waals surface area contributed by atoms with Gasteiger partial charge in [-0.15, -0.1) is 0 Å². The number of rotatable bonds is 3. The Balaban J connectivity index is 1.70. The SMILES string of the molecule is O=C1CN(C(=O)CCn2cccn2)Cc2ccccc2N1. The molecule has 2 heterocycles. The third-order valence-corrected chi connectivity index (χ3v) is 3.45. The summed E-state index contributed by atoms with van der Waals surface area (Å²) >= 11 is 0. The molecular weight excluding hydrogens is 268 g/mol. The monoisotopic (exact) mass is 284 g/mol. The standard InChI is InChI=1S/C15H16N4O2/c20-14-11-18(10-12-4-1-2-5-13(12)17-14)15(21)6-9-19-8-3-7-16-19/h1-5,7-8H,6,9-11H2,(H,17,20). The molecule has 1 aromatic carbocycles. The van der Waals surface area contributed by atoms with Crippen LogP contribution in [0.3, 0.4) is 0 Å². The Bertz CT molecular complexity index is 651. The number of para-hydroxylation sites is 1. The van der Waals surface area contributed by atoms with E-state index in [1.165, 1.54) is 0 Å².